The van der Waals surface area contributed by atoms with Gasteiger partial charge in [-0.25, -0.2) is 0 Å². The topological polar surface area (TPSA) is 75.9 Å². The number of hydrogen-bond acceptors (Lipinski definition) is 3. The molecular formula is C7H13N3. The molecule has 0 aliphatic carbocycles. The van der Waals surface area contributed by atoms with Crippen molar-refractivity contribution in [2.75, 3.05) is 0 Å². The highest BCUT2D eigenvalue weighted by molar-refractivity contribution is 5.98. The van der Waals surface area contributed by atoms with Gasteiger partial charge in [-0.2, -0.15) is 0 Å². The predicted octanol–water partition coefficient (Wildman–Crippen LogP) is 0.731. The minimum absolute atomic E-state index is 0.432. The van der Waals surface area contributed by atoms with Gasteiger partial charge in [0.1, 0.15) is 0 Å². The number of nitrogens with two attached hydrogens (primary N) is 2. The van der Waals surface area contributed by atoms with Crippen LogP contribution in [-0.4, -0.2) is 5.71 Å². The summed E-state index contributed by atoms with van der Waals surface area (Å²) in [5.74, 6) is 0. The number of allylic oxidation sites excluding steroid dienone is 3. The molecule has 0 heterocycles. The number of hydrogen-bond donors (Lipinski definition) is 3. The predicted molar refractivity (Wildman–Crippen MR) is 43.6 cm³/mol. The Labute approximate surface area is 60.9 Å². The third-order valence-corrected chi connectivity index (χ3v) is 1.09. The summed E-state index contributed by atoms with van der Waals surface area (Å²) in [7, 11) is 0. The van der Waals surface area contributed by atoms with E-state index in [-0.39, 0.29) is 0 Å². The molecule has 0 aromatic heterocycles. The Balaban J connectivity index is 4.61. The van der Waals surface area contributed by atoms with Gasteiger partial charge in [-0.3, -0.25) is 0 Å². The van der Waals surface area contributed by atoms with Crippen LogP contribution in [0.5, 0.6) is 0 Å². The SMILES string of the molecule is CC(=N)C(/C=C\N)=C(\C)N. The van der Waals surface area contributed by atoms with Crippen LogP contribution in [0.15, 0.2) is 23.5 Å². The highest BCUT2D eigenvalue weighted by atomic mass is 14.6. The fourth-order valence-electron chi connectivity index (χ4n) is 0.648. The monoisotopic (exact) mass is 139 g/mol. The first kappa shape index (κ1) is 8.75. The Bertz CT molecular complexity index is 185. The third kappa shape index (κ3) is 2.35. The molecule has 3 heteroatoms. The van der Waals surface area contributed by atoms with Crippen LogP contribution in [0.4, 0.5) is 0 Å². The van der Waals surface area contributed by atoms with Gasteiger partial charge in [0, 0.05) is 17.0 Å². The summed E-state index contributed by atoms with van der Waals surface area (Å²) in [5.41, 5.74) is 12.3. The van der Waals surface area contributed by atoms with Gasteiger partial charge in [0.05, 0.1) is 0 Å². The van der Waals surface area contributed by atoms with Gasteiger partial charge in [-0.05, 0) is 26.1 Å². The summed E-state index contributed by atoms with van der Waals surface area (Å²) < 4.78 is 0. The Kier molecular flexibility index (Phi) is 3.25. The molecule has 10 heavy (non-hydrogen) atoms. The molecular weight excluding hydrogens is 126 g/mol. The third-order valence-electron chi connectivity index (χ3n) is 1.09. The van der Waals surface area contributed by atoms with Gasteiger partial charge in [0.2, 0.25) is 0 Å². The first-order chi connectivity index (χ1) is 4.59. The normalized spacial score (nSPS) is 13.4. The highest BCUT2D eigenvalue weighted by Gasteiger charge is 1.96. The van der Waals surface area contributed by atoms with E-state index in [4.69, 9.17) is 16.9 Å². The van der Waals surface area contributed by atoms with E-state index < -0.39 is 0 Å². The Morgan fingerprint density at radius 3 is 2.00 bits per heavy atom. The molecule has 3 nitrogen and oxygen atoms in total. The molecule has 0 aromatic rings. The van der Waals surface area contributed by atoms with Crippen molar-refractivity contribution in [3.05, 3.63) is 23.5 Å². The Morgan fingerprint density at radius 2 is 1.90 bits per heavy atom. The zero-order valence-corrected chi connectivity index (χ0v) is 6.31. The lowest BCUT2D eigenvalue weighted by Crippen LogP contribution is -2.03. The van der Waals surface area contributed by atoms with Crippen LogP contribution in [-0.2, 0) is 0 Å². The van der Waals surface area contributed by atoms with E-state index in [1.165, 1.54) is 6.20 Å². The molecule has 0 unspecified atom stereocenters. The van der Waals surface area contributed by atoms with E-state index in [9.17, 15) is 0 Å². The standard InChI is InChI=1S/C7H13N3/c1-5(9)7(3-4-8)6(2)10/h3-4,9H,8,10H2,1-2H3/b4-3-,7-6+,9-5?. The summed E-state index contributed by atoms with van der Waals surface area (Å²) in [6.45, 7) is 3.42. The molecule has 0 aliphatic rings. The van der Waals surface area contributed by atoms with E-state index in [1.54, 1.807) is 19.9 Å². The van der Waals surface area contributed by atoms with Crippen molar-refractivity contribution in [2.45, 2.75) is 13.8 Å². The van der Waals surface area contributed by atoms with Gasteiger partial charge in [-0.15, -0.1) is 0 Å². The van der Waals surface area contributed by atoms with Crippen LogP contribution >= 0.6 is 0 Å². The molecule has 0 atom stereocenters. The molecule has 56 valence electrons. The van der Waals surface area contributed by atoms with E-state index >= 15 is 0 Å². The molecule has 0 saturated carbocycles. The van der Waals surface area contributed by atoms with Crippen molar-refractivity contribution in [1.29, 1.82) is 5.41 Å². The molecule has 0 fully saturated rings. The molecule has 0 radical (unpaired) electrons. The number of nitrogens with one attached hydrogen (secondary N) is 1. The lowest BCUT2D eigenvalue weighted by Gasteiger charge is -1.99. The first-order valence-corrected chi connectivity index (χ1v) is 2.99. The maximum atomic E-state index is 7.24. The van der Waals surface area contributed by atoms with E-state index in [1.807, 2.05) is 0 Å². The van der Waals surface area contributed by atoms with Gasteiger partial charge in [-0.1, -0.05) is 0 Å². The molecule has 5 N–H and O–H groups in total. The summed E-state index contributed by atoms with van der Waals surface area (Å²) in [5, 5.41) is 7.24. The molecule has 0 saturated heterocycles. The van der Waals surface area contributed by atoms with Crippen LogP contribution in [0.1, 0.15) is 13.8 Å². The van der Waals surface area contributed by atoms with Gasteiger partial charge >= 0.3 is 0 Å². The van der Waals surface area contributed by atoms with Gasteiger partial charge in [0.15, 0.2) is 0 Å². The average Bonchev–Trinajstić information content (AvgIpc) is 1.81. The molecule has 0 spiro atoms. The van der Waals surface area contributed by atoms with Crippen LogP contribution in [0.2, 0.25) is 0 Å². The Hall–Kier alpha value is -1.25. The molecule has 0 aliphatic heterocycles. The zero-order chi connectivity index (χ0) is 8.15. The van der Waals surface area contributed by atoms with E-state index in [0.29, 0.717) is 17.0 Å². The van der Waals surface area contributed by atoms with Crippen LogP contribution in [0.3, 0.4) is 0 Å². The Morgan fingerprint density at radius 1 is 1.40 bits per heavy atom. The van der Waals surface area contributed by atoms with Gasteiger partial charge < -0.3 is 16.9 Å². The van der Waals surface area contributed by atoms with Crippen molar-refractivity contribution < 1.29 is 0 Å². The second kappa shape index (κ2) is 3.71. The lowest BCUT2D eigenvalue weighted by atomic mass is 10.1. The first-order valence-electron chi connectivity index (χ1n) is 2.99. The van der Waals surface area contributed by atoms with Crippen LogP contribution in [0, 0.1) is 5.41 Å². The maximum absolute atomic E-state index is 7.24. The van der Waals surface area contributed by atoms with E-state index in [0.717, 1.165) is 0 Å². The largest absolute Gasteiger partial charge is 0.405 e. The fourth-order valence-corrected chi connectivity index (χ4v) is 0.648. The van der Waals surface area contributed by atoms with Crippen molar-refractivity contribution in [3.8, 4) is 0 Å². The van der Waals surface area contributed by atoms with Gasteiger partial charge in [0.25, 0.3) is 0 Å². The fraction of sp³-hybridized carbons (Fsp3) is 0.286. The van der Waals surface area contributed by atoms with Crippen molar-refractivity contribution in [1.82, 2.24) is 0 Å². The summed E-state index contributed by atoms with van der Waals surface area (Å²) in [6.07, 6.45) is 3.00. The molecule has 0 bridgehead atoms. The summed E-state index contributed by atoms with van der Waals surface area (Å²) in [4.78, 5) is 0. The maximum Gasteiger partial charge on any atom is 0.0372 e. The summed E-state index contributed by atoms with van der Waals surface area (Å²) >= 11 is 0. The number of rotatable bonds is 2. The van der Waals surface area contributed by atoms with E-state index in [2.05, 4.69) is 0 Å². The second-order valence-corrected chi connectivity index (χ2v) is 2.08. The minimum Gasteiger partial charge on any atom is -0.405 e. The zero-order valence-electron chi connectivity index (χ0n) is 6.31. The highest BCUT2D eigenvalue weighted by Crippen LogP contribution is 2.01. The minimum atomic E-state index is 0.432. The summed E-state index contributed by atoms with van der Waals surface area (Å²) in [6, 6.07) is 0. The smallest absolute Gasteiger partial charge is 0.0372 e. The second-order valence-electron chi connectivity index (χ2n) is 2.08. The lowest BCUT2D eigenvalue weighted by molar-refractivity contribution is 1.27. The molecule has 0 amide bonds. The quantitative estimate of drug-likeness (QED) is 0.389. The van der Waals surface area contributed by atoms with Crippen molar-refractivity contribution in [2.24, 2.45) is 11.5 Å². The molecule has 0 rings (SSSR count). The van der Waals surface area contributed by atoms with Crippen molar-refractivity contribution in [3.63, 3.8) is 0 Å². The van der Waals surface area contributed by atoms with Crippen LogP contribution in [0.25, 0.3) is 0 Å². The molecule has 0 aromatic carbocycles. The average molecular weight is 139 g/mol. The van der Waals surface area contributed by atoms with Crippen LogP contribution < -0.4 is 11.5 Å². The van der Waals surface area contributed by atoms with Crippen molar-refractivity contribution >= 4 is 5.71 Å².